The highest BCUT2D eigenvalue weighted by molar-refractivity contribution is 5.72. The molecule has 0 radical (unpaired) electrons. The number of aliphatic carboxylic acids is 1. The van der Waals surface area contributed by atoms with Gasteiger partial charge in [0.2, 0.25) is 0 Å². The van der Waals surface area contributed by atoms with Gasteiger partial charge in [0.15, 0.2) is 12.1 Å². The van der Waals surface area contributed by atoms with E-state index < -0.39 is 18.1 Å². The van der Waals surface area contributed by atoms with E-state index in [1.54, 1.807) is 0 Å². The number of rotatable bonds is 37. The number of allylic oxidation sites excluding steroid dienone is 10. The topological polar surface area (TPSA) is 99.1 Å². The molecule has 0 saturated heterocycles. The van der Waals surface area contributed by atoms with E-state index in [0.717, 1.165) is 70.6 Å². The van der Waals surface area contributed by atoms with Crippen LogP contribution in [0.4, 0.5) is 0 Å². The zero-order valence-electron chi connectivity index (χ0n) is 35.2. The molecular formula is C46H80NO7+. The van der Waals surface area contributed by atoms with Crippen LogP contribution in [0.25, 0.3) is 0 Å². The molecule has 0 fully saturated rings. The number of unbranched alkanes of at least 4 members (excludes halogenated alkanes) is 13. The number of nitrogens with zero attached hydrogens (tertiary/aromatic N) is 1. The molecule has 8 nitrogen and oxygen atoms in total. The minimum absolute atomic E-state index is 0.0479. The summed E-state index contributed by atoms with van der Waals surface area (Å²) < 4.78 is 17.2. The first kappa shape index (κ1) is 51.0. The number of carboxylic acids is 1. The maximum Gasteiger partial charge on any atom is 0.362 e. The van der Waals surface area contributed by atoms with Crippen molar-refractivity contribution in [3.63, 3.8) is 0 Å². The number of hydrogen-bond donors (Lipinski definition) is 1. The SMILES string of the molecule is CC/C=C/C/C=C/C/C=C/CCCCCCCCCCCCCC(=O)OC(COCCC(C(=O)O)[N+](C)(C)C)COC(=O)CCCC/C=C/C/C=C/CC. The molecule has 310 valence electrons. The van der Waals surface area contributed by atoms with Gasteiger partial charge in [-0.3, -0.25) is 9.59 Å². The first-order valence-corrected chi connectivity index (χ1v) is 21.3. The summed E-state index contributed by atoms with van der Waals surface area (Å²) in [5, 5.41) is 9.60. The van der Waals surface area contributed by atoms with Crippen molar-refractivity contribution in [1.82, 2.24) is 0 Å². The van der Waals surface area contributed by atoms with Crippen LogP contribution < -0.4 is 0 Å². The quantitative estimate of drug-likeness (QED) is 0.0291. The third-order valence-corrected chi connectivity index (χ3v) is 9.16. The Morgan fingerprint density at radius 2 is 0.981 bits per heavy atom. The molecular weight excluding hydrogens is 679 g/mol. The predicted octanol–water partition coefficient (Wildman–Crippen LogP) is 11.4. The lowest BCUT2D eigenvalue weighted by atomic mass is 10.0. The zero-order chi connectivity index (χ0) is 40.0. The molecule has 54 heavy (non-hydrogen) atoms. The fourth-order valence-corrected chi connectivity index (χ4v) is 5.91. The minimum Gasteiger partial charge on any atom is -0.477 e. The standard InChI is InChI=1S/C46H79NO7/c1-6-8-10-12-14-16-17-18-19-20-21-22-23-24-25-26-27-29-31-33-35-37-45(49)54-42(40-52-39-38-43(46(50)51)47(3,4)5)41-53-44(48)36-34-32-30-28-15-13-11-9-7-2/h8-11,14-16,18-19,28,42-43H,6-7,12-13,17,20-27,29-41H2,1-5H3/p+1/b10-8+,11-9+,16-14+,19-18+,28-15+. The van der Waals surface area contributed by atoms with E-state index in [1.807, 2.05) is 21.1 Å². The number of quaternary nitrogens is 1. The molecule has 0 aromatic heterocycles. The Balaban J connectivity index is 4.27. The lowest BCUT2D eigenvalue weighted by Crippen LogP contribution is -2.50. The van der Waals surface area contributed by atoms with Gasteiger partial charge in [0.1, 0.15) is 6.61 Å². The fraction of sp³-hybridized carbons (Fsp3) is 0.717. The Morgan fingerprint density at radius 3 is 1.48 bits per heavy atom. The second-order valence-electron chi connectivity index (χ2n) is 15.2. The van der Waals surface area contributed by atoms with E-state index in [4.69, 9.17) is 14.2 Å². The van der Waals surface area contributed by atoms with Crippen LogP contribution in [-0.2, 0) is 28.6 Å². The van der Waals surface area contributed by atoms with Crippen LogP contribution in [0, 0.1) is 0 Å². The van der Waals surface area contributed by atoms with Gasteiger partial charge in [-0.1, -0.05) is 132 Å². The number of carboxylic acid groups (broad SMARTS) is 1. The largest absolute Gasteiger partial charge is 0.477 e. The maximum atomic E-state index is 12.7. The molecule has 0 amide bonds. The van der Waals surface area contributed by atoms with Crippen molar-refractivity contribution in [2.45, 2.75) is 174 Å². The van der Waals surface area contributed by atoms with Gasteiger partial charge >= 0.3 is 17.9 Å². The van der Waals surface area contributed by atoms with Gasteiger partial charge in [-0.15, -0.1) is 0 Å². The smallest absolute Gasteiger partial charge is 0.362 e. The first-order chi connectivity index (χ1) is 26.1. The average Bonchev–Trinajstić information content (AvgIpc) is 3.12. The van der Waals surface area contributed by atoms with Crippen LogP contribution in [0.1, 0.15) is 162 Å². The average molecular weight is 759 g/mol. The Labute approximate surface area is 330 Å². The summed E-state index contributed by atoms with van der Waals surface area (Å²) in [5.74, 6) is -1.52. The Morgan fingerprint density at radius 1 is 0.556 bits per heavy atom. The summed E-state index contributed by atoms with van der Waals surface area (Å²) >= 11 is 0. The number of carbonyl (C=O) groups is 3. The van der Waals surface area contributed by atoms with Gasteiger partial charge in [0.25, 0.3) is 0 Å². The van der Waals surface area contributed by atoms with Gasteiger partial charge in [-0.2, -0.15) is 0 Å². The van der Waals surface area contributed by atoms with Crippen LogP contribution in [-0.4, -0.2) is 80.6 Å². The Bertz CT molecular complexity index is 1070. The normalized spacial score (nSPS) is 13.6. The molecule has 2 atom stereocenters. The maximum absolute atomic E-state index is 12.7. The number of hydrogen-bond acceptors (Lipinski definition) is 6. The monoisotopic (exact) mass is 759 g/mol. The van der Waals surface area contributed by atoms with E-state index in [9.17, 15) is 19.5 Å². The molecule has 0 aliphatic carbocycles. The van der Waals surface area contributed by atoms with Crippen LogP contribution in [0.3, 0.4) is 0 Å². The Kier molecular flexibility index (Phi) is 34.9. The van der Waals surface area contributed by atoms with Crippen molar-refractivity contribution in [2.75, 3.05) is 41.0 Å². The second kappa shape index (κ2) is 37.0. The molecule has 0 saturated carbocycles. The van der Waals surface area contributed by atoms with E-state index >= 15 is 0 Å². The summed E-state index contributed by atoms with van der Waals surface area (Å²) in [6.45, 7) is 4.45. The van der Waals surface area contributed by atoms with Crippen LogP contribution in [0.5, 0.6) is 0 Å². The van der Waals surface area contributed by atoms with Gasteiger partial charge in [0, 0.05) is 19.3 Å². The van der Waals surface area contributed by atoms with E-state index in [2.05, 4.69) is 74.6 Å². The number of likely N-dealkylation sites (N-methyl/N-ethyl adjacent to an activating group) is 1. The number of carbonyl (C=O) groups excluding carboxylic acids is 2. The lowest BCUT2D eigenvalue weighted by molar-refractivity contribution is -0.887. The molecule has 2 unspecified atom stereocenters. The third kappa shape index (κ3) is 34.8. The van der Waals surface area contributed by atoms with E-state index in [0.29, 0.717) is 19.3 Å². The van der Waals surface area contributed by atoms with E-state index in [-0.39, 0.29) is 36.2 Å². The van der Waals surface area contributed by atoms with Crippen molar-refractivity contribution in [1.29, 1.82) is 0 Å². The van der Waals surface area contributed by atoms with Crippen molar-refractivity contribution < 1.29 is 38.2 Å². The molecule has 1 N–H and O–H groups in total. The van der Waals surface area contributed by atoms with Gasteiger partial charge in [-0.25, -0.2) is 4.79 Å². The van der Waals surface area contributed by atoms with Gasteiger partial charge in [0.05, 0.1) is 34.4 Å². The summed E-state index contributed by atoms with van der Waals surface area (Å²) in [5.41, 5.74) is 0. The van der Waals surface area contributed by atoms with Gasteiger partial charge < -0.3 is 23.8 Å². The highest BCUT2D eigenvalue weighted by atomic mass is 16.6. The van der Waals surface area contributed by atoms with Crippen LogP contribution in [0.2, 0.25) is 0 Å². The van der Waals surface area contributed by atoms with Crippen molar-refractivity contribution in [2.24, 2.45) is 0 Å². The second-order valence-corrected chi connectivity index (χ2v) is 15.2. The van der Waals surface area contributed by atoms with Crippen LogP contribution in [0.15, 0.2) is 60.8 Å². The van der Waals surface area contributed by atoms with Crippen molar-refractivity contribution in [3.8, 4) is 0 Å². The molecule has 0 aliphatic heterocycles. The molecule has 0 aromatic rings. The summed E-state index contributed by atoms with van der Waals surface area (Å²) in [6, 6.07) is -0.620. The highest BCUT2D eigenvalue weighted by Crippen LogP contribution is 2.14. The molecule has 0 rings (SSSR count). The van der Waals surface area contributed by atoms with Crippen LogP contribution >= 0.6 is 0 Å². The molecule has 0 aliphatic rings. The Hall–Kier alpha value is -2.97. The predicted molar refractivity (Wildman–Crippen MR) is 224 cm³/mol. The zero-order valence-corrected chi connectivity index (χ0v) is 35.2. The molecule has 8 heteroatoms. The summed E-state index contributed by atoms with van der Waals surface area (Å²) in [6.07, 6.45) is 44.3. The van der Waals surface area contributed by atoms with Gasteiger partial charge in [-0.05, 0) is 70.6 Å². The molecule has 0 heterocycles. The molecule has 0 bridgehead atoms. The number of ether oxygens (including phenoxy) is 3. The summed E-state index contributed by atoms with van der Waals surface area (Å²) in [4.78, 5) is 36.8. The third-order valence-electron chi connectivity index (χ3n) is 9.16. The molecule has 0 aromatic carbocycles. The highest BCUT2D eigenvalue weighted by Gasteiger charge is 2.31. The summed E-state index contributed by atoms with van der Waals surface area (Å²) in [7, 11) is 5.50. The minimum atomic E-state index is -0.882. The fourth-order valence-electron chi connectivity index (χ4n) is 5.91. The van der Waals surface area contributed by atoms with E-state index in [1.165, 1.54) is 57.8 Å². The number of esters is 2. The van der Waals surface area contributed by atoms with Crippen molar-refractivity contribution >= 4 is 17.9 Å². The van der Waals surface area contributed by atoms with Crippen molar-refractivity contribution in [3.05, 3.63) is 60.8 Å². The first-order valence-electron chi connectivity index (χ1n) is 21.3. The molecule has 0 spiro atoms. The lowest BCUT2D eigenvalue weighted by Gasteiger charge is -2.31.